The quantitative estimate of drug-likeness (QED) is 0.814. The number of nitrogens with one attached hydrogen (secondary N) is 1. The van der Waals surface area contributed by atoms with Gasteiger partial charge in [-0.05, 0) is 62.6 Å². The topological polar surface area (TPSA) is 89.3 Å². The van der Waals surface area contributed by atoms with Crippen LogP contribution in [0.4, 0.5) is 5.69 Å². The second kappa shape index (κ2) is 7.64. The average molecular weight is 387 g/mol. The summed E-state index contributed by atoms with van der Waals surface area (Å²) in [5.41, 5.74) is 7.56. The van der Waals surface area contributed by atoms with E-state index in [-0.39, 0.29) is 36.0 Å². The first-order valence-corrected chi connectivity index (χ1v) is 10.4. The van der Waals surface area contributed by atoms with E-state index in [1.54, 1.807) is 38.1 Å². The van der Waals surface area contributed by atoms with Crippen LogP contribution in [-0.2, 0) is 20.4 Å². The van der Waals surface area contributed by atoms with Crippen LogP contribution in [0.15, 0.2) is 24.3 Å². The third-order valence-electron chi connectivity index (χ3n) is 5.56. The molecule has 0 aromatic heterocycles. The highest BCUT2D eigenvalue weighted by Gasteiger charge is 2.49. The number of nitrogens with two attached hydrogens (primary N) is 1. The van der Waals surface area contributed by atoms with Crippen LogP contribution in [0.3, 0.4) is 0 Å². The summed E-state index contributed by atoms with van der Waals surface area (Å²) in [7, 11) is -3.16. The molecular formula is C18H27ClN2O3S. The number of sulfone groups is 1. The van der Waals surface area contributed by atoms with E-state index in [1.807, 2.05) is 0 Å². The first-order chi connectivity index (χ1) is 11.3. The minimum atomic E-state index is -3.16. The SMILES string of the molecule is CC(C)S(=O)(=O)Cc1cccc(NC(=O)C2C3CCC(C3)C2N)c1.Cl. The van der Waals surface area contributed by atoms with Crippen molar-refractivity contribution in [2.75, 3.05) is 5.32 Å². The molecule has 3 N–H and O–H groups in total. The Morgan fingerprint density at radius 3 is 2.56 bits per heavy atom. The number of fused-ring (bicyclic) bond motifs is 2. The van der Waals surface area contributed by atoms with Gasteiger partial charge in [-0.3, -0.25) is 4.79 Å². The summed E-state index contributed by atoms with van der Waals surface area (Å²) in [6.07, 6.45) is 3.28. The number of rotatable bonds is 5. The van der Waals surface area contributed by atoms with Crippen molar-refractivity contribution >= 4 is 33.8 Å². The molecule has 7 heteroatoms. The Morgan fingerprint density at radius 2 is 1.96 bits per heavy atom. The van der Waals surface area contributed by atoms with E-state index in [0.29, 0.717) is 23.1 Å². The molecule has 0 heterocycles. The van der Waals surface area contributed by atoms with Crippen LogP contribution < -0.4 is 11.1 Å². The molecule has 0 saturated heterocycles. The lowest BCUT2D eigenvalue weighted by molar-refractivity contribution is -0.121. The average Bonchev–Trinajstić information content (AvgIpc) is 3.07. The fourth-order valence-corrected chi connectivity index (χ4v) is 5.07. The van der Waals surface area contributed by atoms with Crippen LogP contribution in [0.25, 0.3) is 0 Å². The highest BCUT2D eigenvalue weighted by molar-refractivity contribution is 7.91. The van der Waals surface area contributed by atoms with Crippen molar-refractivity contribution < 1.29 is 13.2 Å². The lowest BCUT2D eigenvalue weighted by atomic mass is 9.84. The molecule has 2 aliphatic rings. The lowest BCUT2D eigenvalue weighted by Gasteiger charge is -2.27. The fourth-order valence-electron chi connectivity index (χ4n) is 4.09. The van der Waals surface area contributed by atoms with E-state index < -0.39 is 15.1 Å². The predicted octanol–water partition coefficient (Wildman–Crippen LogP) is 2.74. The lowest BCUT2D eigenvalue weighted by Crippen LogP contribution is -2.42. The number of hydrogen-bond acceptors (Lipinski definition) is 4. The Kier molecular flexibility index (Phi) is 6.17. The fraction of sp³-hybridized carbons (Fsp3) is 0.611. The zero-order chi connectivity index (χ0) is 17.5. The summed E-state index contributed by atoms with van der Waals surface area (Å²) in [5.74, 6) is 0.718. The Bertz CT molecular complexity index is 734. The molecule has 5 nitrogen and oxygen atoms in total. The van der Waals surface area contributed by atoms with Gasteiger partial charge in [-0.25, -0.2) is 8.42 Å². The molecule has 3 rings (SSSR count). The Balaban J connectivity index is 0.00000225. The molecule has 2 fully saturated rings. The van der Waals surface area contributed by atoms with Gasteiger partial charge in [0.15, 0.2) is 9.84 Å². The van der Waals surface area contributed by atoms with Crippen LogP contribution >= 0.6 is 12.4 Å². The summed E-state index contributed by atoms with van der Waals surface area (Å²) in [6, 6.07) is 7.05. The van der Waals surface area contributed by atoms with Crippen LogP contribution in [-0.4, -0.2) is 25.6 Å². The van der Waals surface area contributed by atoms with E-state index in [2.05, 4.69) is 5.32 Å². The molecule has 0 aliphatic heterocycles. The van der Waals surface area contributed by atoms with E-state index >= 15 is 0 Å². The van der Waals surface area contributed by atoms with Gasteiger partial charge in [0.1, 0.15) is 0 Å². The molecule has 2 aliphatic carbocycles. The summed E-state index contributed by atoms with van der Waals surface area (Å²) in [6.45, 7) is 3.36. The summed E-state index contributed by atoms with van der Waals surface area (Å²) >= 11 is 0. The zero-order valence-electron chi connectivity index (χ0n) is 14.6. The smallest absolute Gasteiger partial charge is 0.229 e. The Labute approximate surface area is 156 Å². The highest BCUT2D eigenvalue weighted by Crippen LogP contribution is 2.47. The number of amides is 1. The maximum atomic E-state index is 12.6. The highest BCUT2D eigenvalue weighted by atomic mass is 35.5. The number of halogens is 1. The minimum Gasteiger partial charge on any atom is -0.327 e. The number of hydrogen-bond donors (Lipinski definition) is 2. The third-order valence-corrected chi connectivity index (χ3v) is 7.74. The van der Waals surface area contributed by atoms with Crippen LogP contribution in [0.5, 0.6) is 0 Å². The number of carbonyl (C=O) groups excluding carboxylic acids is 1. The minimum absolute atomic E-state index is 0. The molecule has 25 heavy (non-hydrogen) atoms. The molecular weight excluding hydrogens is 360 g/mol. The molecule has 2 bridgehead atoms. The van der Waals surface area contributed by atoms with E-state index in [4.69, 9.17) is 5.73 Å². The van der Waals surface area contributed by atoms with Crippen LogP contribution in [0, 0.1) is 17.8 Å². The molecule has 0 spiro atoms. The van der Waals surface area contributed by atoms with Gasteiger partial charge < -0.3 is 11.1 Å². The number of carbonyl (C=O) groups is 1. The van der Waals surface area contributed by atoms with Crippen molar-refractivity contribution in [2.24, 2.45) is 23.5 Å². The van der Waals surface area contributed by atoms with Crippen molar-refractivity contribution in [1.29, 1.82) is 0 Å². The molecule has 140 valence electrons. The molecule has 1 aromatic rings. The van der Waals surface area contributed by atoms with Crippen molar-refractivity contribution in [3.63, 3.8) is 0 Å². The van der Waals surface area contributed by atoms with Gasteiger partial charge in [0.2, 0.25) is 5.91 Å². The van der Waals surface area contributed by atoms with Gasteiger partial charge >= 0.3 is 0 Å². The second-order valence-electron chi connectivity index (χ2n) is 7.48. The summed E-state index contributed by atoms with van der Waals surface area (Å²) in [5, 5.41) is 2.53. The molecule has 4 atom stereocenters. The van der Waals surface area contributed by atoms with E-state index in [0.717, 1.165) is 19.3 Å². The van der Waals surface area contributed by atoms with Crippen molar-refractivity contribution in [3.05, 3.63) is 29.8 Å². The molecule has 2 saturated carbocycles. The normalized spacial score (nSPS) is 28.0. The first-order valence-electron chi connectivity index (χ1n) is 8.65. The first kappa shape index (κ1) is 20.2. The van der Waals surface area contributed by atoms with E-state index in [1.165, 1.54) is 0 Å². The maximum absolute atomic E-state index is 12.6. The monoisotopic (exact) mass is 386 g/mol. The summed E-state index contributed by atoms with van der Waals surface area (Å²) < 4.78 is 24.1. The second-order valence-corrected chi connectivity index (χ2v) is 10.0. The van der Waals surface area contributed by atoms with Crippen molar-refractivity contribution in [3.8, 4) is 0 Å². The number of anilines is 1. The van der Waals surface area contributed by atoms with Gasteiger partial charge in [0.25, 0.3) is 0 Å². The standard InChI is InChI=1S/C18H26N2O3S.ClH/c1-11(2)24(22,23)10-12-4-3-5-15(8-12)20-18(21)16-13-6-7-14(9-13)17(16)19;/h3-5,8,11,13-14,16-17H,6-7,9-10,19H2,1-2H3,(H,20,21);1H. The van der Waals surface area contributed by atoms with Gasteiger partial charge in [-0.15, -0.1) is 12.4 Å². The van der Waals surface area contributed by atoms with Gasteiger partial charge in [0.05, 0.1) is 16.9 Å². The predicted molar refractivity (Wildman–Crippen MR) is 102 cm³/mol. The van der Waals surface area contributed by atoms with Gasteiger partial charge in [-0.1, -0.05) is 12.1 Å². The molecule has 0 radical (unpaired) electrons. The Morgan fingerprint density at radius 1 is 1.28 bits per heavy atom. The van der Waals surface area contributed by atoms with Gasteiger partial charge in [-0.2, -0.15) is 0 Å². The molecule has 1 amide bonds. The van der Waals surface area contributed by atoms with E-state index in [9.17, 15) is 13.2 Å². The van der Waals surface area contributed by atoms with Crippen LogP contribution in [0.1, 0.15) is 38.7 Å². The molecule has 4 unspecified atom stereocenters. The largest absolute Gasteiger partial charge is 0.327 e. The van der Waals surface area contributed by atoms with Crippen molar-refractivity contribution in [2.45, 2.75) is 50.2 Å². The van der Waals surface area contributed by atoms with Gasteiger partial charge in [0, 0.05) is 11.7 Å². The molecule has 1 aromatic carbocycles. The maximum Gasteiger partial charge on any atom is 0.229 e. The van der Waals surface area contributed by atoms with Crippen molar-refractivity contribution in [1.82, 2.24) is 0 Å². The third kappa shape index (κ3) is 4.18. The van der Waals surface area contributed by atoms with Crippen LogP contribution in [0.2, 0.25) is 0 Å². The summed E-state index contributed by atoms with van der Waals surface area (Å²) in [4.78, 5) is 12.6. The number of benzene rings is 1. The zero-order valence-corrected chi connectivity index (χ0v) is 16.3. The Hall–Kier alpha value is -1.11.